The molecule has 0 aliphatic rings. The molecule has 140 valence electrons. The second kappa shape index (κ2) is 9.03. The maximum Gasteiger partial charge on any atom is 0.277 e. The third kappa shape index (κ3) is 4.62. The van der Waals surface area contributed by atoms with Crippen molar-refractivity contribution in [3.05, 3.63) is 45.4 Å². The molecular formula is C19H25N3O4. The molecule has 0 radical (unpaired) electrons. The fourth-order valence-corrected chi connectivity index (χ4v) is 2.33. The van der Waals surface area contributed by atoms with Crippen LogP contribution in [0.4, 0.5) is 5.69 Å². The number of hydrogen-bond acceptors (Lipinski definition) is 5. The third-order valence-electron chi connectivity index (χ3n) is 3.82. The number of carbonyl (C=O) groups is 1. The molecule has 0 atom stereocenters. The van der Waals surface area contributed by atoms with Crippen molar-refractivity contribution < 1.29 is 14.3 Å². The van der Waals surface area contributed by atoms with Crippen LogP contribution in [-0.2, 0) is 0 Å². The van der Waals surface area contributed by atoms with Gasteiger partial charge in [-0.25, -0.2) is 5.10 Å². The van der Waals surface area contributed by atoms with Crippen LogP contribution in [0.25, 0.3) is 0 Å². The van der Waals surface area contributed by atoms with Gasteiger partial charge in [-0.1, -0.05) is 13.8 Å². The largest absolute Gasteiger partial charge is 0.490 e. The van der Waals surface area contributed by atoms with Gasteiger partial charge >= 0.3 is 0 Å². The van der Waals surface area contributed by atoms with Gasteiger partial charge in [-0.2, -0.15) is 5.10 Å². The van der Waals surface area contributed by atoms with Crippen LogP contribution >= 0.6 is 0 Å². The van der Waals surface area contributed by atoms with Crippen LogP contribution in [-0.4, -0.2) is 29.3 Å². The average Bonchev–Trinajstić information content (AvgIpc) is 2.62. The fraction of sp³-hybridized carbons (Fsp3) is 0.421. The van der Waals surface area contributed by atoms with Crippen molar-refractivity contribution >= 4 is 11.6 Å². The first kappa shape index (κ1) is 19.5. The van der Waals surface area contributed by atoms with Crippen LogP contribution in [0.5, 0.6) is 11.5 Å². The molecule has 2 aromatic rings. The van der Waals surface area contributed by atoms with Gasteiger partial charge in [0.05, 0.1) is 18.9 Å². The summed E-state index contributed by atoms with van der Waals surface area (Å²) in [6.45, 7) is 8.60. The molecule has 7 nitrogen and oxygen atoms in total. The molecule has 0 spiro atoms. The highest BCUT2D eigenvalue weighted by atomic mass is 16.5. The maximum absolute atomic E-state index is 12.6. The molecule has 7 heteroatoms. The summed E-state index contributed by atoms with van der Waals surface area (Å²) in [5, 5.41) is 8.94. The number of H-pyrrole nitrogens is 1. The number of benzene rings is 1. The summed E-state index contributed by atoms with van der Waals surface area (Å²) in [5.74, 6) is 0.708. The van der Waals surface area contributed by atoms with Gasteiger partial charge in [0, 0.05) is 11.8 Å². The highest BCUT2D eigenvalue weighted by molar-refractivity contribution is 6.05. The molecule has 1 aromatic heterocycles. The van der Waals surface area contributed by atoms with E-state index in [0.717, 1.165) is 12.8 Å². The molecule has 0 saturated heterocycles. The van der Waals surface area contributed by atoms with Gasteiger partial charge in [-0.05, 0) is 44.4 Å². The molecule has 0 fully saturated rings. The summed E-state index contributed by atoms with van der Waals surface area (Å²) in [6.07, 6.45) is 1.74. The molecule has 1 amide bonds. The SMILES string of the molecule is CCCOc1ccc(NC(=O)c2c(C)c(C)n[nH]c2=O)cc1OCCC. The lowest BCUT2D eigenvalue weighted by Gasteiger charge is -2.14. The molecule has 26 heavy (non-hydrogen) atoms. The van der Waals surface area contributed by atoms with Crippen molar-refractivity contribution in [2.45, 2.75) is 40.5 Å². The topological polar surface area (TPSA) is 93.3 Å². The van der Waals surface area contributed by atoms with Gasteiger partial charge in [-0.15, -0.1) is 0 Å². The number of nitrogens with one attached hydrogen (secondary N) is 2. The van der Waals surface area contributed by atoms with Crippen LogP contribution in [0, 0.1) is 13.8 Å². The minimum absolute atomic E-state index is 0.0554. The number of aromatic amines is 1. The summed E-state index contributed by atoms with van der Waals surface area (Å²) in [4.78, 5) is 24.5. The number of anilines is 1. The van der Waals surface area contributed by atoms with E-state index in [-0.39, 0.29) is 5.56 Å². The molecule has 0 aliphatic carbocycles. The van der Waals surface area contributed by atoms with E-state index < -0.39 is 11.5 Å². The van der Waals surface area contributed by atoms with E-state index in [9.17, 15) is 9.59 Å². The van der Waals surface area contributed by atoms with Crippen molar-refractivity contribution in [2.24, 2.45) is 0 Å². The lowest BCUT2D eigenvalue weighted by molar-refractivity contribution is 0.102. The number of hydrogen-bond donors (Lipinski definition) is 2. The van der Waals surface area contributed by atoms with Gasteiger partial charge in [0.1, 0.15) is 5.56 Å². The molecule has 0 unspecified atom stereocenters. The molecule has 1 heterocycles. The standard InChI is InChI=1S/C19H25N3O4/c1-5-9-25-15-8-7-14(11-16(15)26-10-6-2)20-18(23)17-12(3)13(4)21-22-19(17)24/h7-8,11H,5-6,9-10H2,1-4H3,(H,20,23)(H,22,24). The van der Waals surface area contributed by atoms with Crippen LogP contribution in [0.1, 0.15) is 48.3 Å². The first-order chi connectivity index (χ1) is 12.5. The smallest absolute Gasteiger partial charge is 0.277 e. The fourth-order valence-electron chi connectivity index (χ4n) is 2.33. The Bertz CT molecular complexity index is 830. The Balaban J connectivity index is 2.27. The number of nitrogens with zero attached hydrogens (tertiary/aromatic N) is 1. The average molecular weight is 359 g/mol. The van der Waals surface area contributed by atoms with Crippen molar-refractivity contribution in [3.8, 4) is 11.5 Å². The zero-order valence-corrected chi connectivity index (χ0v) is 15.6. The van der Waals surface area contributed by atoms with E-state index in [1.165, 1.54) is 0 Å². The second-order valence-electron chi connectivity index (χ2n) is 5.95. The first-order valence-electron chi connectivity index (χ1n) is 8.74. The molecule has 0 bridgehead atoms. The van der Waals surface area contributed by atoms with E-state index in [1.807, 2.05) is 13.8 Å². The Morgan fingerprint density at radius 1 is 1.12 bits per heavy atom. The van der Waals surface area contributed by atoms with Gasteiger partial charge < -0.3 is 14.8 Å². The number of aromatic nitrogens is 2. The molecule has 2 rings (SSSR count). The van der Waals surface area contributed by atoms with Crippen molar-refractivity contribution in [1.29, 1.82) is 0 Å². The van der Waals surface area contributed by atoms with Crippen molar-refractivity contribution in [3.63, 3.8) is 0 Å². The minimum Gasteiger partial charge on any atom is -0.490 e. The van der Waals surface area contributed by atoms with E-state index in [2.05, 4.69) is 15.5 Å². The van der Waals surface area contributed by atoms with Gasteiger partial charge in [0.2, 0.25) is 0 Å². The predicted octanol–water partition coefficient (Wildman–Crippen LogP) is 3.22. The van der Waals surface area contributed by atoms with E-state index in [1.54, 1.807) is 32.0 Å². The highest BCUT2D eigenvalue weighted by Crippen LogP contribution is 2.31. The van der Waals surface area contributed by atoms with Crippen LogP contribution < -0.4 is 20.3 Å². The Morgan fingerprint density at radius 2 is 1.77 bits per heavy atom. The van der Waals surface area contributed by atoms with Gasteiger partial charge in [-0.3, -0.25) is 9.59 Å². The van der Waals surface area contributed by atoms with Gasteiger partial charge in [0.15, 0.2) is 11.5 Å². The zero-order valence-electron chi connectivity index (χ0n) is 15.6. The summed E-state index contributed by atoms with van der Waals surface area (Å²) >= 11 is 0. The summed E-state index contributed by atoms with van der Waals surface area (Å²) in [7, 11) is 0. The van der Waals surface area contributed by atoms with Crippen LogP contribution in [0.15, 0.2) is 23.0 Å². The number of amides is 1. The van der Waals surface area contributed by atoms with E-state index >= 15 is 0 Å². The molecule has 1 aromatic carbocycles. The van der Waals surface area contributed by atoms with E-state index in [0.29, 0.717) is 41.7 Å². The predicted molar refractivity (Wildman–Crippen MR) is 100 cm³/mol. The number of carbonyl (C=O) groups excluding carboxylic acids is 1. The lowest BCUT2D eigenvalue weighted by Crippen LogP contribution is -2.26. The summed E-state index contributed by atoms with van der Waals surface area (Å²) in [6, 6.07) is 5.18. The number of aryl methyl sites for hydroxylation is 1. The van der Waals surface area contributed by atoms with Crippen LogP contribution in [0.2, 0.25) is 0 Å². The Hall–Kier alpha value is -2.83. The Kier molecular flexibility index (Phi) is 6.77. The second-order valence-corrected chi connectivity index (χ2v) is 5.95. The molecule has 0 saturated carbocycles. The maximum atomic E-state index is 12.6. The van der Waals surface area contributed by atoms with E-state index in [4.69, 9.17) is 9.47 Å². The third-order valence-corrected chi connectivity index (χ3v) is 3.82. The zero-order chi connectivity index (χ0) is 19.1. The molecule has 0 aliphatic heterocycles. The first-order valence-corrected chi connectivity index (χ1v) is 8.74. The quantitative estimate of drug-likeness (QED) is 0.755. The normalized spacial score (nSPS) is 10.5. The Morgan fingerprint density at radius 3 is 2.42 bits per heavy atom. The summed E-state index contributed by atoms with van der Waals surface area (Å²) in [5.41, 5.74) is 1.22. The highest BCUT2D eigenvalue weighted by Gasteiger charge is 2.17. The summed E-state index contributed by atoms with van der Waals surface area (Å²) < 4.78 is 11.4. The molecule has 2 N–H and O–H groups in total. The van der Waals surface area contributed by atoms with Crippen molar-refractivity contribution in [1.82, 2.24) is 10.2 Å². The number of rotatable bonds is 8. The Labute approximate surface area is 152 Å². The van der Waals surface area contributed by atoms with Gasteiger partial charge in [0.25, 0.3) is 11.5 Å². The van der Waals surface area contributed by atoms with Crippen LogP contribution in [0.3, 0.4) is 0 Å². The minimum atomic E-state index is -0.518. The monoisotopic (exact) mass is 359 g/mol. The lowest BCUT2D eigenvalue weighted by atomic mass is 10.1. The number of ether oxygens (including phenoxy) is 2. The molecular weight excluding hydrogens is 334 g/mol. The van der Waals surface area contributed by atoms with Crippen molar-refractivity contribution in [2.75, 3.05) is 18.5 Å².